The number of hydrogen-bond acceptors (Lipinski definition) is 2. The van der Waals surface area contributed by atoms with Crippen LogP contribution in [0.25, 0.3) is 0 Å². The topological polar surface area (TPSA) is 35.2 Å². The third-order valence-electron chi connectivity index (χ3n) is 2.99. The summed E-state index contributed by atoms with van der Waals surface area (Å²) < 4.78 is 18.5. The van der Waals surface area contributed by atoms with E-state index in [-0.39, 0.29) is 11.9 Å². The van der Waals surface area contributed by atoms with E-state index in [4.69, 9.17) is 22.1 Å². The zero-order chi connectivity index (χ0) is 13.8. The average Bonchev–Trinajstić information content (AvgIpc) is 2.42. The van der Waals surface area contributed by atoms with E-state index in [0.717, 1.165) is 11.3 Å². The van der Waals surface area contributed by atoms with Crippen molar-refractivity contribution in [2.45, 2.75) is 12.5 Å². The number of methoxy groups -OCH3 is 1. The second kappa shape index (κ2) is 6.04. The summed E-state index contributed by atoms with van der Waals surface area (Å²) in [4.78, 5) is 0. The first kappa shape index (κ1) is 13.8. The molecule has 0 amide bonds. The minimum absolute atomic E-state index is 0.296. The molecule has 0 saturated heterocycles. The monoisotopic (exact) mass is 279 g/mol. The van der Waals surface area contributed by atoms with Gasteiger partial charge in [-0.1, -0.05) is 29.8 Å². The summed E-state index contributed by atoms with van der Waals surface area (Å²) in [6.07, 6.45) is 0.455. The zero-order valence-electron chi connectivity index (χ0n) is 10.6. The van der Waals surface area contributed by atoms with Crippen molar-refractivity contribution in [3.8, 4) is 5.75 Å². The highest BCUT2D eigenvalue weighted by atomic mass is 35.5. The number of halogens is 2. The molecule has 0 heterocycles. The van der Waals surface area contributed by atoms with Crippen molar-refractivity contribution in [3.05, 3.63) is 64.4 Å². The first-order chi connectivity index (χ1) is 9.11. The van der Waals surface area contributed by atoms with Gasteiger partial charge in [0.05, 0.1) is 7.11 Å². The van der Waals surface area contributed by atoms with Crippen LogP contribution in [0, 0.1) is 5.82 Å². The smallest absolute Gasteiger partial charge is 0.123 e. The van der Waals surface area contributed by atoms with Gasteiger partial charge in [-0.25, -0.2) is 4.39 Å². The lowest BCUT2D eigenvalue weighted by Crippen LogP contribution is -2.14. The van der Waals surface area contributed by atoms with E-state index in [0.29, 0.717) is 17.0 Å². The standard InChI is InChI=1S/C15H15ClFNO/c1-19-15-5-3-2-4-12(15)14(18)9-10-8-11(17)6-7-13(10)16/h2-8,14H,9,18H2,1H3. The first-order valence-electron chi connectivity index (χ1n) is 5.94. The van der Waals surface area contributed by atoms with E-state index < -0.39 is 0 Å². The van der Waals surface area contributed by atoms with Crippen LogP contribution < -0.4 is 10.5 Å². The van der Waals surface area contributed by atoms with Gasteiger partial charge in [-0.15, -0.1) is 0 Å². The molecule has 1 atom stereocenters. The van der Waals surface area contributed by atoms with Crippen LogP contribution in [0.1, 0.15) is 17.2 Å². The molecule has 0 aromatic heterocycles. The van der Waals surface area contributed by atoms with Gasteiger partial charge in [0.25, 0.3) is 0 Å². The predicted octanol–water partition coefficient (Wildman–Crippen LogP) is 3.73. The summed E-state index contributed by atoms with van der Waals surface area (Å²) in [6.45, 7) is 0. The van der Waals surface area contributed by atoms with Gasteiger partial charge >= 0.3 is 0 Å². The molecule has 2 N–H and O–H groups in total. The highest BCUT2D eigenvalue weighted by Crippen LogP contribution is 2.28. The van der Waals surface area contributed by atoms with Gasteiger partial charge in [0.1, 0.15) is 11.6 Å². The van der Waals surface area contributed by atoms with Crippen molar-refractivity contribution in [2.75, 3.05) is 7.11 Å². The summed E-state index contributed by atoms with van der Waals surface area (Å²) in [5.41, 5.74) is 7.74. The molecular weight excluding hydrogens is 265 g/mol. The molecule has 100 valence electrons. The van der Waals surface area contributed by atoms with Crippen LogP contribution in [0.5, 0.6) is 5.75 Å². The van der Waals surface area contributed by atoms with E-state index in [1.54, 1.807) is 13.2 Å². The molecule has 0 spiro atoms. The molecule has 0 aliphatic carbocycles. The Morgan fingerprint density at radius 2 is 2.00 bits per heavy atom. The summed E-state index contributed by atoms with van der Waals surface area (Å²) >= 11 is 6.05. The summed E-state index contributed by atoms with van der Waals surface area (Å²) in [5, 5.41) is 0.520. The Bertz CT molecular complexity index is 574. The third kappa shape index (κ3) is 3.25. The maximum absolute atomic E-state index is 13.2. The first-order valence-corrected chi connectivity index (χ1v) is 6.32. The Kier molecular flexibility index (Phi) is 4.40. The Balaban J connectivity index is 2.25. The molecule has 0 fully saturated rings. The molecule has 2 rings (SSSR count). The van der Waals surface area contributed by atoms with E-state index in [1.165, 1.54) is 12.1 Å². The molecule has 0 bridgehead atoms. The highest BCUT2D eigenvalue weighted by molar-refractivity contribution is 6.31. The fourth-order valence-electron chi connectivity index (χ4n) is 2.02. The highest BCUT2D eigenvalue weighted by Gasteiger charge is 2.14. The fraction of sp³-hybridized carbons (Fsp3) is 0.200. The van der Waals surface area contributed by atoms with Crippen LogP contribution in [0.15, 0.2) is 42.5 Å². The van der Waals surface area contributed by atoms with E-state index in [1.807, 2.05) is 24.3 Å². The lowest BCUT2D eigenvalue weighted by molar-refractivity contribution is 0.405. The molecule has 1 unspecified atom stereocenters. The van der Waals surface area contributed by atoms with Crippen molar-refractivity contribution in [1.29, 1.82) is 0 Å². The van der Waals surface area contributed by atoms with E-state index >= 15 is 0 Å². The Labute approximate surface area is 117 Å². The number of nitrogens with two attached hydrogens (primary N) is 1. The minimum atomic E-state index is -0.313. The molecule has 4 heteroatoms. The molecule has 0 aliphatic heterocycles. The third-order valence-corrected chi connectivity index (χ3v) is 3.35. The average molecular weight is 280 g/mol. The lowest BCUT2D eigenvalue weighted by Gasteiger charge is -2.16. The number of ether oxygens (including phenoxy) is 1. The molecule has 19 heavy (non-hydrogen) atoms. The number of rotatable bonds is 4. The van der Waals surface area contributed by atoms with Crippen molar-refractivity contribution in [2.24, 2.45) is 5.73 Å². The molecule has 0 aliphatic rings. The van der Waals surface area contributed by atoms with Gasteiger partial charge in [0.15, 0.2) is 0 Å². The number of hydrogen-bond donors (Lipinski definition) is 1. The maximum Gasteiger partial charge on any atom is 0.123 e. The molecule has 2 aromatic carbocycles. The van der Waals surface area contributed by atoms with Gasteiger partial charge in [0, 0.05) is 16.6 Å². The molecule has 2 aromatic rings. The van der Waals surface area contributed by atoms with E-state index in [2.05, 4.69) is 0 Å². The van der Waals surface area contributed by atoms with Crippen molar-refractivity contribution < 1.29 is 9.13 Å². The quantitative estimate of drug-likeness (QED) is 0.925. The van der Waals surface area contributed by atoms with Gasteiger partial charge in [-0.05, 0) is 36.2 Å². The number of para-hydroxylation sites is 1. The van der Waals surface area contributed by atoms with Crippen LogP contribution in [0.4, 0.5) is 4.39 Å². The van der Waals surface area contributed by atoms with Crippen LogP contribution in [0.2, 0.25) is 5.02 Å². The van der Waals surface area contributed by atoms with E-state index in [9.17, 15) is 4.39 Å². The molecule has 0 radical (unpaired) electrons. The Hall–Kier alpha value is -1.58. The summed E-state index contributed by atoms with van der Waals surface area (Å²) in [5.74, 6) is 0.411. The van der Waals surface area contributed by atoms with Crippen molar-refractivity contribution >= 4 is 11.6 Å². The maximum atomic E-state index is 13.2. The lowest BCUT2D eigenvalue weighted by atomic mass is 9.99. The van der Waals surface area contributed by atoms with Crippen LogP contribution in [-0.2, 0) is 6.42 Å². The summed E-state index contributed by atoms with van der Waals surface area (Å²) in [7, 11) is 1.60. The number of benzene rings is 2. The second-order valence-corrected chi connectivity index (χ2v) is 4.70. The molecular formula is C15H15ClFNO. The Morgan fingerprint density at radius 3 is 2.74 bits per heavy atom. The van der Waals surface area contributed by atoms with Crippen LogP contribution in [-0.4, -0.2) is 7.11 Å². The fourth-order valence-corrected chi connectivity index (χ4v) is 2.21. The van der Waals surface area contributed by atoms with Crippen molar-refractivity contribution in [3.63, 3.8) is 0 Å². The minimum Gasteiger partial charge on any atom is -0.496 e. The molecule has 2 nitrogen and oxygen atoms in total. The van der Waals surface area contributed by atoms with Crippen LogP contribution in [0.3, 0.4) is 0 Å². The second-order valence-electron chi connectivity index (χ2n) is 4.29. The van der Waals surface area contributed by atoms with Crippen LogP contribution >= 0.6 is 11.6 Å². The Morgan fingerprint density at radius 1 is 1.26 bits per heavy atom. The summed E-state index contributed by atoms with van der Waals surface area (Å²) in [6, 6.07) is 11.5. The van der Waals surface area contributed by atoms with Gasteiger partial charge in [-0.3, -0.25) is 0 Å². The SMILES string of the molecule is COc1ccccc1C(N)Cc1cc(F)ccc1Cl. The van der Waals surface area contributed by atoms with Crippen molar-refractivity contribution in [1.82, 2.24) is 0 Å². The van der Waals surface area contributed by atoms with Gasteiger partial charge < -0.3 is 10.5 Å². The van der Waals surface area contributed by atoms with Gasteiger partial charge in [-0.2, -0.15) is 0 Å². The van der Waals surface area contributed by atoms with Gasteiger partial charge in [0.2, 0.25) is 0 Å². The normalized spacial score (nSPS) is 12.2. The zero-order valence-corrected chi connectivity index (χ0v) is 11.3. The predicted molar refractivity (Wildman–Crippen MR) is 75.0 cm³/mol. The largest absolute Gasteiger partial charge is 0.496 e. The molecule has 0 saturated carbocycles.